The minimum absolute atomic E-state index is 0.0754. The minimum atomic E-state index is -4.74. The summed E-state index contributed by atoms with van der Waals surface area (Å²) in [5, 5.41) is 9.06. The third kappa shape index (κ3) is 4.45. The van der Waals surface area contributed by atoms with Crippen molar-refractivity contribution in [2.45, 2.75) is 9.79 Å². The number of nitrogens with one attached hydrogen (secondary N) is 1. The van der Waals surface area contributed by atoms with Gasteiger partial charge >= 0.3 is 5.97 Å². The Balaban J connectivity index is 2.46. The van der Waals surface area contributed by atoms with Gasteiger partial charge in [0, 0.05) is 0 Å². The predicted molar refractivity (Wildman–Crippen MR) is 84.9 cm³/mol. The summed E-state index contributed by atoms with van der Waals surface area (Å²) >= 11 is 0. The fourth-order valence-electron chi connectivity index (χ4n) is 1.85. The lowest BCUT2D eigenvalue weighted by Crippen LogP contribution is -2.15. The SMILES string of the molecule is O=C(O)c1ccccc1[N]Nc1cc(S(=O)(=O)O)ccc1S(=O)(=O)O. The standard InChI is InChI=1S/C13H11N2O8S2/c16-13(17)9-3-1-2-4-10(9)14-15-11-7-8(24(18,19)20)5-6-12(11)25(21,22)23/h1-7,15H,(H,16,17)(H,18,19,20)(H,21,22,23). The van der Waals surface area contributed by atoms with Crippen LogP contribution in [0.15, 0.2) is 52.3 Å². The maximum atomic E-state index is 11.4. The Morgan fingerprint density at radius 1 is 0.960 bits per heavy atom. The fraction of sp³-hybridized carbons (Fsp3) is 0. The van der Waals surface area contributed by atoms with Gasteiger partial charge in [-0.15, -0.1) is 0 Å². The number of carbonyl (C=O) groups is 1. The molecule has 4 N–H and O–H groups in total. The average Bonchev–Trinajstić information content (AvgIpc) is 2.51. The van der Waals surface area contributed by atoms with Gasteiger partial charge in [-0.25, -0.2) is 4.79 Å². The van der Waals surface area contributed by atoms with Crippen LogP contribution in [0.4, 0.5) is 11.4 Å². The van der Waals surface area contributed by atoms with Crippen LogP contribution in [0.2, 0.25) is 0 Å². The van der Waals surface area contributed by atoms with E-state index >= 15 is 0 Å². The van der Waals surface area contributed by atoms with E-state index < -0.39 is 41.7 Å². The quantitative estimate of drug-likeness (QED) is 0.419. The van der Waals surface area contributed by atoms with E-state index in [0.29, 0.717) is 0 Å². The molecule has 0 amide bonds. The molecule has 0 aliphatic rings. The summed E-state index contributed by atoms with van der Waals surface area (Å²) in [6.07, 6.45) is 0. The van der Waals surface area contributed by atoms with Gasteiger partial charge in [0.1, 0.15) is 4.90 Å². The lowest BCUT2D eigenvalue weighted by molar-refractivity contribution is 0.0697. The zero-order chi connectivity index (χ0) is 18.8. The maximum Gasteiger partial charge on any atom is 0.337 e. The second-order valence-corrected chi connectivity index (χ2v) is 7.47. The number of carboxylic acids is 1. The van der Waals surface area contributed by atoms with Crippen molar-refractivity contribution < 1.29 is 35.8 Å². The topological polar surface area (TPSA) is 172 Å². The first-order valence-electron chi connectivity index (χ1n) is 6.38. The number of rotatable bonds is 6. The predicted octanol–water partition coefficient (Wildman–Crippen LogP) is 1.14. The number of anilines is 1. The van der Waals surface area contributed by atoms with Crippen LogP contribution in [-0.2, 0) is 20.2 Å². The smallest absolute Gasteiger partial charge is 0.337 e. The molecular formula is C13H11N2O8S2. The van der Waals surface area contributed by atoms with Crippen LogP contribution in [0.5, 0.6) is 0 Å². The summed E-state index contributed by atoms with van der Waals surface area (Å²) in [7, 11) is -9.39. The largest absolute Gasteiger partial charge is 0.478 e. The molecule has 0 aliphatic heterocycles. The summed E-state index contributed by atoms with van der Waals surface area (Å²) in [5.41, 5.74) is 5.15. The highest BCUT2D eigenvalue weighted by Crippen LogP contribution is 2.26. The van der Waals surface area contributed by atoms with Crippen LogP contribution in [0, 0.1) is 0 Å². The van der Waals surface area contributed by atoms with Crippen molar-refractivity contribution in [1.29, 1.82) is 0 Å². The van der Waals surface area contributed by atoms with Crippen molar-refractivity contribution >= 4 is 37.6 Å². The fourth-order valence-corrected chi connectivity index (χ4v) is 2.98. The van der Waals surface area contributed by atoms with Crippen molar-refractivity contribution in [3.63, 3.8) is 0 Å². The molecule has 0 unspecified atom stereocenters. The number of nitrogens with zero attached hydrogens (tertiary/aromatic N) is 1. The van der Waals surface area contributed by atoms with E-state index in [2.05, 4.69) is 10.9 Å². The monoisotopic (exact) mass is 387 g/mol. The van der Waals surface area contributed by atoms with Gasteiger partial charge in [-0.1, -0.05) is 12.1 Å². The van der Waals surface area contributed by atoms with Crippen molar-refractivity contribution in [1.82, 2.24) is 5.43 Å². The molecule has 10 nitrogen and oxygen atoms in total. The molecule has 0 heterocycles. The van der Waals surface area contributed by atoms with Crippen LogP contribution < -0.4 is 10.9 Å². The summed E-state index contributed by atoms with van der Waals surface area (Å²) in [6, 6.07) is 7.74. The molecular weight excluding hydrogens is 376 g/mol. The maximum absolute atomic E-state index is 11.4. The number of carboxylic acid groups (broad SMARTS) is 1. The van der Waals surface area contributed by atoms with E-state index in [0.717, 1.165) is 18.2 Å². The van der Waals surface area contributed by atoms with Gasteiger partial charge in [-0.3, -0.25) is 14.5 Å². The Labute approximate surface area is 142 Å². The summed E-state index contributed by atoms with van der Waals surface area (Å²) in [6.45, 7) is 0. The van der Waals surface area contributed by atoms with Gasteiger partial charge in [0.25, 0.3) is 20.2 Å². The normalized spacial score (nSPS) is 11.8. The van der Waals surface area contributed by atoms with Gasteiger partial charge in [-0.2, -0.15) is 22.3 Å². The lowest BCUT2D eigenvalue weighted by Gasteiger charge is -2.12. The molecule has 0 spiro atoms. The van der Waals surface area contributed by atoms with Crippen LogP contribution in [-0.4, -0.2) is 37.0 Å². The molecule has 1 radical (unpaired) electrons. The molecule has 12 heteroatoms. The Bertz CT molecular complexity index is 1030. The minimum Gasteiger partial charge on any atom is -0.478 e. The van der Waals surface area contributed by atoms with Crippen LogP contribution in [0.25, 0.3) is 0 Å². The van der Waals surface area contributed by atoms with E-state index in [1.165, 1.54) is 24.3 Å². The van der Waals surface area contributed by atoms with Crippen LogP contribution in [0.3, 0.4) is 0 Å². The highest BCUT2D eigenvalue weighted by Gasteiger charge is 2.20. The third-order valence-corrected chi connectivity index (χ3v) is 4.72. The number of hydrogen-bond donors (Lipinski definition) is 4. The zero-order valence-corrected chi connectivity index (χ0v) is 13.8. The molecule has 133 valence electrons. The number of aromatic carboxylic acids is 1. The third-order valence-electron chi connectivity index (χ3n) is 2.96. The molecule has 2 rings (SSSR count). The highest BCUT2D eigenvalue weighted by molar-refractivity contribution is 7.86. The number of benzene rings is 2. The van der Waals surface area contributed by atoms with Crippen LogP contribution >= 0.6 is 0 Å². The average molecular weight is 387 g/mol. The summed E-state index contributed by atoms with van der Waals surface area (Å²) < 4.78 is 63.3. The second-order valence-electron chi connectivity index (χ2n) is 4.65. The molecule has 25 heavy (non-hydrogen) atoms. The first kappa shape index (κ1) is 18.7. The van der Waals surface area contributed by atoms with Crippen LogP contribution in [0.1, 0.15) is 10.4 Å². The molecule has 0 aliphatic carbocycles. The van der Waals surface area contributed by atoms with E-state index in [-0.39, 0.29) is 11.3 Å². The van der Waals surface area contributed by atoms with Gasteiger partial charge in [0.15, 0.2) is 0 Å². The van der Waals surface area contributed by atoms with E-state index in [1.807, 2.05) is 0 Å². The van der Waals surface area contributed by atoms with Gasteiger partial charge in [0.2, 0.25) is 0 Å². The van der Waals surface area contributed by atoms with Crippen molar-refractivity contribution in [3.8, 4) is 0 Å². The highest BCUT2D eigenvalue weighted by atomic mass is 32.2. The van der Waals surface area contributed by atoms with E-state index in [9.17, 15) is 26.2 Å². The Morgan fingerprint density at radius 2 is 1.60 bits per heavy atom. The second kappa shape index (κ2) is 6.68. The number of hydrogen-bond acceptors (Lipinski definition) is 6. The van der Waals surface area contributed by atoms with Crippen molar-refractivity contribution in [2.24, 2.45) is 0 Å². The van der Waals surface area contributed by atoms with Gasteiger partial charge < -0.3 is 5.11 Å². The van der Waals surface area contributed by atoms with Gasteiger partial charge in [0.05, 0.1) is 21.8 Å². The lowest BCUT2D eigenvalue weighted by atomic mass is 10.2. The van der Waals surface area contributed by atoms with E-state index in [1.54, 1.807) is 0 Å². The molecule has 2 aromatic rings. The number of para-hydroxylation sites is 1. The summed E-state index contributed by atoms with van der Waals surface area (Å²) in [5.74, 6) is -1.29. The molecule has 0 atom stereocenters. The Hall–Kier alpha value is -2.67. The van der Waals surface area contributed by atoms with E-state index in [4.69, 9.17) is 9.66 Å². The van der Waals surface area contributed by atoms with Gasteiger partial charge in [-0.05, 0) is 30.3 Å². The molecule has 0 saturated heterocycles. The first-order valence-corrected chi connectivity index (χ1v) is 9.26. The Morgan fingerprint density at radius 3 is 2.16 bits per heavy atom. The Kier molecular flexibility index (Phi) is 4.99. The first-order chi connectivity index (χ1) is 11.5. The zero-order valence-electron chi connectivity index (χ0n) is 12.2. The molecule has 0 fully saturated rings. The summed E-state index contributed by atoms with van der Waals surface area (Å²) in [4.78, 5) is 9.75. The van der Waals surface area contributed by atoms with Crippen molar-refractivity contribution in [2.75, 3.05) is 5.43 Å². The molecule has 0 bridgehead atoms. The molecule has 0 aromatic heterocycles. The molecule has 2 aromatic carbocycles. The molecule has 0 saturated carbocycles. The van der Waals surface area contributed by atoms with Crippen molar-refractivity contribution in [3.05, 3.63) is 48.0 Å².